The van der Waals surface area contributed by atoms with Crippen molar-refractivity contribution in [1.29, 1.82) is 0 Å². The summed E-state index contributed by atoms with van der Waals surface area (Å²) < 4.78 is 0. The maximum Gasteiger partial charge on any atom is 0.261 e. The van der Waals surface area contributed by atoms with Gasteiger partial charge in [-0.3, -0.25) is 9.59 Å². The number of para-hydroxylation sites is 1. The van der Waals surface area contributed by atoms with E-state index in [2.05, 4.69) is 6.92 Å². The van der Waals surface area contributed by atoms with Crippen molar-refractivity contribution >= 4 is 17.5 Å². The molecule has 0 aliphatic carbocycles. The van der Waals surface area contributed by atoms with Gasteiger partial charge in [-0.2, -0.15) is 0 Å². The first kappa shape index (κ1) is 13.5. The smallest absolute Gasteiger partial charge is 0.261 e. The van der Waals surface area contributed by atoms with Crippen LogP contribution in [0.1, 0.15) is 39.0 Å². The van der Waals surface area contributed by atoms with E-state index >= 15 is 0 Å². The van der Waals surface area contributed by atoms with Gasteiger partial charge in [0.2, 0.25) is 5.91 Å². The minimum absolute atomic E-state index is 0.127. The average molecular weight is 257 g/mol. The van der Waals surface area contributed by atoms with E-state index in [9.17, 15) is 9.59 Å². The van der Waals surface area contributed by atoms with Gasteiger partial charge in [0.05, 0.1) is 12.1 Å². The molecule has 1 heterocycles. The number of nitrogens with zero attached hydrogens (tertiary/aromatic N) is 1. The number of benzene rings is 1. The van der Waals surface area contributed by atoms with Gasteiger partial charge in [-0.25, -0.2) is 4.90 Å². The molecule has 100 valence electrons. The molecule has 1 aromatic carbocycles. The predicted octanol–water partition coefficient (Wildman–Crippen LogP) is 3.46. The highest BCUT2D eigenvalue weighted by atomic mass is 16.2. The third-order valence-corrected chi connectivity index (χ3v) is 3.28. The molecular weight excluding hydrogens is 238 g/mol. The first-order valence-electron chi connectivity index (χ1n) is 6.85. The Hall–Kier alpha value is -1.90. The van der Waals surface area contributed by atoms with Crippen molar-refractivity contribution in [3.63, 3.8) is 0 Å². The SMILES string of the molecule is CCCCCC=C1CC(=O)N(c2ccccc2)C1=O. The van der Waals surface area contributed by atoms with E-state index in [1.807, 2.05) is 24.3 Å². The molecule has 0 aromatic heterocycles. The van der Waals surface area contributed by atoms with Crippen molar-refractivity contribution in [3.8, 4) is 0 Å². The van der Waals surface area contributed by atoms with Crippen molar-refractivity contribution in [3.05, 3.63) is 42.0 Å². The second-order valence-corrected chi connectivity index (χ2v) is 4.77. The van der Waals surface area contributed by atoms with Gasteiger partial charge in [-0.1, -0.05) is 44.0 Å². The number of hydrogen-bond donors (Lipinski definition) is 0. The maximum atomic E-state index is 12.2. The van der Waals surface area contributed by atoms with Crippen LogP contribution in [0, 0.1) is 0 Å². The third kappa shape index (κ3) is 3.11. The van der Waals surface area contributed by atoms with E-state index < -0.39 is 0 Å². The Kier molecular flexibility index (Phi) is 4.50. The summed E-state index contributed by atoms with van der Waals surface area (Å²) in [4.78, 5) is 25.4. The lowest BCUT2D eigenvalue weighted by Crippen LogP contribution is -2.28. The first-order valence-corrected chi connectivity index (χ1v) is 6.85. The lowest BCUT2D eigenvalue weighted by molar-refractivity contribution is -0.120. The van der Waals surface area contributed by atoms with E-state index in [-0.39, 0.29) is 18.2 Å². The number of rotatable bonds is 5. The Morgan fingerprint density at radius 1 is 1.16 bits per heavy atom. The average Bonchev–Trinajstić information content (AvgIpc) is 2.71. The molecule has 0 spiro atoms. The molecule has 0 atom stereocenters. The zero-order chi connectivity index (χ0) is 13.7. The molecule has 1 aliphatic rings. The highest BCUT2D eigenvalue weighted by Crippen LogP contribution is 2.26. The molecule has 1 saturated heterocycles. The summed E-state index contributed by atoms with van der Waals surface area (Å²) in [6.07, 6.45) is 6.44. The molecule has 0 N–H and O–H groups in total. The number of unbranched alkanes of at least 4 members (excludes halogenated alkanes) is 3. The Labute approximate surface area is 113 Å². The molecular formula is C16H19NO2. The minimum atomic E-state index is -0.160. The van der Waals surface area contributed by atoms with Crippen LogP contribution in [0.3, 0.4) is 0 Å². The normalized spacial score (nSPS) is 17.5. The predicted molar refractivity (Wildman–Crippen MR) is 75.8 cm³/mol. The lowest BCUT2D eigenvalue weighted by atomic mass is 10.1. The maximum absolute atomic E-state index is 12.2. The highest BCUT2D eigenvalue weighted by Gasteiger charge is 2.34. The number of imide groups is 1. The van der Waals surface area contributed by atoms with E-state index in [1.165, 1.54) is 4.90 Å². The zero-order valence-corrected chi connectivity index (χ0v) is 11.3. The minimum Gasteiger partial charge on any atom is -0.274 e. The highest BCUT2D eigenvalue weighted by molar-refractivity contribution is 6.28. The summed E-state index contributed by atoms with van der Waals surface area (Å²) >= 11 is 0. The molecule has 3 nitrogen and oxygen atoms in total. The Morgan fingerprint density at radius 3 is 2.58 bits per heavy atom. The van der Waals surface area contributed by atoms with E-state index in [0.717, 1.165) is 25.7 Å². The van der Waals surface area contributed by atoms with Crippen LogP contribution < -0.4 is 4.90 Å². The molecule has 0 unspecified atom stereocenters. The molecule has 2 rings (SSSR count). The summed E-state index contributed by atoms with van der Waals surface area (Å²) in [6.45, 7) is 2.15. The number of amides is 2. The molecule has 0 bridgehead atoms. The van der Waals surface area contributed by atoms with Crippen LogP contribution in [0.5, 0.6) is 0 Å². The fourth-order valence-electron chi connectivity index (χ4n) is 2.24. The molecule has 1 aromatic rings. The van der Waals surface area contributed by atoms with Crippen molar-refractivity contribution < 1.29 is 9.59 Å². The fraction of sp³-hybridized carbons (Fsp3) is 0.375. The van der Waals surface area contributed by atoms with Gasteiger partial charge in [0.1, 0.15) is 0 Å². The van der Waals surface area contributed by atoms with E-state index in [0.29, 0.717) is 11.3 Å². The van der Waals surface area contributed by atoms with E-state index in [1.54, 1.807) is 12.1 Å². The summed E-state index contributed by atoms with van der Waals surface area (Å²) in [6, 6.07) is 9.11. The Morgan fingerprint density at radius 2 is 1.89 bits per heavy atom. The van der Waals surface area contributed by atoms with Crippen molar-refractivity contribution in [1.82, 2.24) is 0 Å². The van der Waals surface area contributed by atoms with Crippen molar-refractivity contribution in [2.24, 2.45) is 0 Å². The summed E-state index contributed by atoms with van der Waals surface area (Å²) in [5.74, 6) is -0.286. The summed E-state index contributed by atoms with van der Waals surface area (Å²) in [7, 11) is 0. The Balaban J connectivity index is 2.09. The monoisotopic (exact) mass is 257 g/mol. The number of allylic oxidation sites excluding steroid dienone is 1. The van der Waals surface area contributed by atoms with Crippen LogP contribution in [0.25, 0.3) is 0 Å². The summed E-state index contributed by atoms with van der Waals surface area (Å²) in [5.41, 5.74) is 1.31. The Bertz CT molecular complexity index is 491. The van der Waals surface area contributed by atoms with Gasteiger partial charge in [-0.15, -0.1) is 0 Å². The zero-order valence-electron chi connectivity index (χ0n) is 11.3. The van der Waals surface area contributed by atoms with Gasteiger partial charge in [0.15, 0.2) is 0 Å². The fourth-order valence-corrected chi connectivity index (χ4v) is 2.24. The molecule has 2 amide bonds. The quantitative estimate of drug-likeness (QED) is 0.460. The first-order chi connectivity index (χ1) is 9.24. The van der Waals surface area contributed by atoms with Crippen LogP contribution in [-0.2, 0) is 9.59 Å². The van der Waals surface area contributed by atoms with Crippen LogP contribution >= 0.6 is 0 Å². The largest absolute Gasteiger partial charge is 0.274 e. The second kappa shape index (κ2) is 6.32. The van der Waals surface area contributed by atoms with Gasteiger partial charge < -0.3 is 0 Å². The number of hydrogen-bond acceptors (Lipinski definition) is 2. The lowest BCUT2D eigenvalue weighted by Gasteiger charge is -2.12. The summed E-state index contributed by atoms with van der Waals surface area (Å²) in [5, 5.41) is 0. The standard InChI is InChI=1S/C16H19NO2/c1-2-3-4-6-9-13-12-15(18)17(16(13)19)14-10-7-5-8-11-14/h5,7-11H,2-4,6,12H2,1H3. The molecule has 3 heteroatoms. The molecule has 1 aliphatic heterocycles. The second-order valence-electron chi connectivity index (χ2n) is 4.77. The van der Waals surface area contributed by atoms with Gasteiger partial charge in [0.25, 0.3) is 5.91 Å². The number of anilines is 1. The van der Waals surface area contributed by atoms with Crippen molar-refractivity contribution in [2.75, 3.05) is 4.90 Å². The molecule has 1 fully saturated rings. The van der Waals surface area contributed by atoms with Crippen LogP contribution in [0.15, 0.2) is 42.0 Å². The van der Waals surface area contributed by atoms with Crippen LogP contribution in [0.2, 0.25) is 0 Å². The topological polar surface area (TPSA) is 37.4 Å². The van der Waals surface area contributed by atoms with Crippen molar-refractivity contribution in [2.45, 2.75) is 39.0 Å². The molecule has 19 heavy (non-hydrogen) atoms. The van der Waals surface area contributed by atoms with Gasteiger partial charge in [-0.05, 0) is 25.0 Å². The van der Waals surface area contributed by atoms with E-state index in [4.69, 9.17) is 0 Å². The number of carbonyl (C=O) groups excluding carboxylic acids is 2. The molecule has 0 radical (unpaired) electrons. The number of carbonyl (C=O) groups is 2. The van der Waals surface area contributed by atoms with Crippen LogP contribution in [0.4, 0.5) is 5.69 Å². The molecule has 0 saturated carbocycles. The van der Waals surface area contributed by atoms with Gasteiger partial charge >= 0.3 is 0 Å². The van der Waals surface area contributed by atoms with Crippen LogP contribution in [-0.4, -0.2) is 11.8 Å². The van der Waals surface area contributed by atoms with Gasteiger partial charge in [0, 0.05) is 5.57 Å². The third-order valence-electron chi connectivity index (χ3n) is 3.28.